The zero-order chi connectivity index (χ0) is 11.4. The van der Waals surface area contributed by atoms with Gasteiger partial charge in [0.05, 0.1) is 6.10 Å². The summed E-state index contributed by atoms with van der Waals surface area (Å²) in [5.74, 6) is 1.80. The number of ether oxygens (including phenoxy) is 1. The molecule has 2 fully saturated rings. The van der Waals surface area contributed by atoms with Crippen LogP contribution in [-0.4, -0.2) is 25.8 Å². The average molecular weight is 225 g/mol. The second-order valence-electron chi connectivity index (χ2n) is 5.74. The molecule has 16 heavy (non-hydrogen) atoms. The van der Waals surface area contributed by atoms with Gasteiger partial charge in [0, 0.05) is 12.6 Å². The molecule has 2 aliphatic rings. The monoisotopic (exact) mass is 225 g/mol. The van der Waals surface area contributed by atoms with Crippen LogP contribution in [0.25, 0.3) is 0 Å². The minimum Gasteiger partial charge on any atom is -0.377 e. The van der Waals surface area contributed by atoms with Crippen LogP contribution in [0.3, 0.4) is 0 Å². The van der Waals surface area contributed by atoms with Crippen molar-refractivity contribution in [2.75, 3.05) is 13.7 Å². The van der Waals surface area contributed by atoms with Crippen molar-refractivity contribution in [2.24, 2.45) is 11.8 Å². The molecule has 94 valence electrons. The fraction of sp³-hybridized carbons (Fsp3) is 1.00. The Kier molecular flexibility index (Phi) is 4.66. The maximum Gasteiger partial charge on any atom is 0.0730 e. The van der Waals surface area contributed by atoms with Crippen molar-refractivity contribution in [3.8, 4) is 0 Å². The minimum atomic E-state index is 0.483. The first-order valence-electron chi connectivity index (χ1n) is 7.10. The lowest BCUT2D eigenvalue weighted by Crippen LogP contribution is -2.47. The summed E-state index contributed by atoms with van der Waals surface area (Å²) in [6.45, 7) is 3.37. The maximum absolute atomic E-state index is 5.95. The summed E-state index contributed by atoms with van der Waals surface area (Å²) in [5.41, 5.74) is 0. The molecule has 2 heteroatoms. The smallest absolute Gasteiger partial charge is 0.0730 e. The van der Waals surface area contributed by atoms with E-state index in [0.29, 0.717) is 12.1 Å². The number of hydrogen-bond acceptors (Lipinski definition) is 2. The summed E-state index contributed by atoms with van der Waals surface area (Å²) < 4.78 is 5.95. The number of likely N-dealkylation sites (N-methyl/N-ethyl adjacent to an activating group) is 1. The summed E-state index contributed by atoms with van der Waals surface area (Å²) >= 11 is 0. The van der Waals surface area contributed by atoms with Crippen molar-refractivity contribution in [3.05, 3.63) is 0 Å². The summed E-state index contributed by atoms with van der Waals surface area (Å²) in [6, 6.07) is 0.604. The SMILES string of the molecule is CNC(C1CCC(C)CC1)C1CCCCO1. The van der Waals surface area contributed by atoms with Crippen molar-refractivity contribution in [1.82, 2.24) is 5.32 Å². The lowest BCUT2D eigenvalue weighted by Gasteiger charge is -2.38. The Balaban J connectivity index is 1.88. The number of nitrogens with one attached hydrogen (secondary N) is 1. The summed E-state index contributed by atoms with van der Waals surface area (Å²) in [7, 11) is 2.11. The van der Waals surface area contributed by atoms with E-state index in [2.05, 4.69) is 19.3 Å². The fourth-order valence-corrected chi connectivity index (χ4v) is 3.42. The molecule has 1 N–H and O–H groups in total. The van der Waals surface area contributed by atoms with Crippen LogP contribution in [0.4, 0.5) is 0 Å². The molecular weight excluding hydrogens is 198 g/mol. The molecule has 0 amide bonds. The van der Waals surface area contributed by atoms with E-state index in [1.165, 1.54) is 44.9 Å². The van der Waals surface area contributed by atoms with Crippen LogP contribution in [0.2, 0.25) is 0 Å². The van der Waals surface area contributed by atoms with Crippen molar-refractivity contribution in [3.63, 3.8) is 0 Å². The molecule has 2 nitrogen and oxygen atoms in total. The minimum absolute atomic E-state index is 0.483. The largest absolute Gasteiger partial charge is 0.377 e. The Hall–Kier alpha value is -0.0800. The third-order valence-corrected chi connectivity index (χ3v) is 4.52. The predicted octanol–water partition coefficient (Wildman–Crippen LogP) is 2.97. The van der Waals surface area contributed by atoms with E-state index in [4.69, 9.17) is 4.74 Å². The Morgan fingerprint density at radius 3 is 2.38 bits per heavy atom. The molecule has 2 unspecified atom stereocenters. The Morgan fingerprint density at radius 2 is 1.81 bits per heavy atom. The highest BCUT2D eigenvalue weighted by Gasteiger charge is 2.32. The van der Waals surface area contributed by atoms with Gasteiger partial charge in [-0.3, -0.25) is 0 Å². The second-order valence-corrected chi connectivity index (χ2v) is 5.74. The maximum atomic E-state index is 5.95. The first kappa shape index (κ1) is 12.4. The van der Waals surface area contributed by atoms with Crippen LogP contribution in [0.15, 0.2) is 0 Å². The zero-order valence-electron chi connectivity index (χ0n) is 10.9. The fourth-order valence-electron chi connectivity index (χ4n) is 3.42. The van der Waals surface area contributed by atoms with Gasteiger partial charge in [0.15, 0.2) is 0 Å². The van der Waals surface area contributed by atoms with Crippen molar-refractivity contribution >= 4 is 0 Å². The molecule has 0 radical (unpaired) electrons. The normalized spacial score (nSPS) is 38.2. The molecule has 2 rings (SSSR count). The van der Waals surface area contributed by atoms with Gasteiger partial charge in [-0.25, -0.2) is 0 Å². The van der Waals surface area contributed by atoms with E-state index in [9.17, 15) is 0 Å². The number of rotatable bonds is 3. The quantitative estimate of drug-likeness (QED) is 0.797. The van der Waals surface area contributed by atoms with Crippen LogP contribution in [0.5, 0.6) is 0 Å². The molecule has 0 spiro atoms. The number of hydrogen-bond donors (Lipinski definition) is 1. The van der Waals surface area contributed by atoms with Gasteiger partial charge in [0.1, 0.15) is 0 Å². The van der Waals surface area contributed by atoms with Crippen molar-refractivity contribution in [1.29, 1.82) is 0 Å². The molecule has 2 atom stereocenters. The summed E-state index contributed by atoms with van der Waals surface area (Å²) in [5, 5.41) is 3.53. The van der Waals surface area contributed by atoms with E-state index in [1.807, 2.05) is 0 Å². The van der Waals surface area contributed by atoms with Gasteiger partial charge >= 0.3 is 0 Å². The van der Waals surface area contributed by atoms with E-state index in [1.54, 1.807) is 0 Å². The zero-order valence-corrected chi connectivity index (χ0v) is 10.9. The molecule has 0 bridgehead atoms. The standard InChI is InChI=1S/C14H27NO/c1-11-6-8-12(9-7-11)14(15-2)13-5-3-4-10-16-13/h11-15H,3-10H2,1-2H3. The Bertz CT molecular complexity index is 193. The van der Waals surface area contributed by atoms with E-state index in [0.717, 1.165) is 18.4 Å². The molecule has 1 saturated heterocycles. The first-order valence-corrected chi connectivity index (χ1v) is 7.10. The predicted molar refractivity (Wildman–Crippen MR) is 67.6 cm³/mol. The van der Waals surface area contributed by atoms with Crippen LogP contribution in [0.1, 0.15) is 51.9 Å². The van der Waals surface area contributed by atoms with Gasteiger partial charge in [-0.05, 0) is 51.0 Å². The lowest BCUT2D eigenvalue weighted by atomic mass is 9.77. The van der Waals surface area contributed by atoms with Crippen LogP contribution in [-0.2, 0) is 4.74 Å². The van der Waals surface area contributed by atoms with Gasteiger partial charge in [-0.2, -0.15) is 0 Å². The molecule has 1 heterocycles. The summed E-state index contributed by atoms with van der Waals surface area (Å²) in [6.07, 6.45) is 9.97. The van der Waals surface area contributed by atoms with Gasteiger partial charge in [0.25, 0.3) is 0 Å². The van der Waals surface area contributed by atoms with Crippen LogP contribution < -0.4 is 5.32 Å². The van der Waals surface area contributed by atoms with Gasteiger partial charge in [0.2, 0.25) is 0 Å². The third-order valence-electron chi connectivity index (χ3n) is 4.52. The summed E-state index contributed by atoms with van der Waals surface area (Å²) in [4.78, 5) is 0. The van der Waals surface area contributed by atoms with E-state index < -0.39 is 0 Å². The molecule has 0 aromatic rings. The molecule has 1 aliphatic heterocycles. The Morgan fingerprint density at radius 1 is 1.06 bits per heavy atom. The molecule has 1 aliphatic carbocycles. The van der Waals surface area contributed by atoms with Crippen molar-refractivity contribution in [2.45, 2.75) is 64.0 Å². The molecule has 1 saturated carbocycles. The average Bonchev–Trinajstić information content (AvgIpc) is 2.34. The van der Waals surface area contributed by atoms with Crippen LogP contribution in [0, 0.1) is 11.8 Å². The topological polar surface area (TPSA) is 21.3 Å². The van der Waals surface area contributed by atoms with Crippen molar-refractivity contribution < 1.29 is 4.74 Å². The Labute approximate surface area is 100 Å². The van der Waals surface area contributed by atoms with Gasteiger partial charge in [-0.1, -0.05) is 19.8 Å². The lowest BCUT2D eigenvalue weighted by molar-refractivity contribution is -0.0248. The molecule has 0 aromatic carbocycles. The van der Waals surface area contributed by atoms with Crippen LogP contribution >= 0.6 is 0 Å². The highest BCUT2D eigenvalue weighted by molar-refractivity contribution is 4.87. The highest BCUT2D eigenvalue weighted by Crippen LogP contribution is 2.33. The van der Waals surface area contributed by atoms with Gasteiger partial charge in [-0.15, -0.1) is 0 Å². The first-order chi connectivity index (χ1) is 7.81. The van der Waals surface area contributed by atoms with E-state index in [-0.39, 0.29) is 0 Å². The third kappa shape index (κ3) is 2.98. The second kappa shape index (κ2) is 6.02. The van der Waals surface area contributed by atoms with E-state index >= 15 is 0 Å². The molecular formula is C14H27NO. The molecule has 0 aromatic heterocycles. The van der Waals surface area contributed by atoms with Gasteiger partial charge < -0.3 is 10.1 Å². The highest BCUT2D eigenvalue weighted by atomic mass is 16.5.